The first-order chi connectivity index (χ1) is 9.08. The van der Waals surface area contributed by atoms with Crippen molar-refractivity contribution in [3.05, 3.63) is 0 Å². The zero-order valence-electron chi connectivity index (χ0n) is 11.0. The second-order valence-electron chi connectivity index (χ2n) is 5.27. The number of amides is 2. The molecule has 2 rings (SSSR count). The third kappa shape index (κ3) is 3.45. The zero-order valence-corrected chi connectivity index (χ0v) is 11.0. The van der Waals surface area contributed by atoms with E-state index in [0.29, 0.717) is 13.0 Å². The molecule has 0 bridgehead atoms. The van der Waals surface area contributed by atoms with Crippen LogP contribution in [-0.2, 0) is 14.4 Å². The van der Waals surface area contributed by atoms with E-state index in [1.54, 1.807) is 0 Å². The molecular formula is C13H20N2O4. The van der Waals surface area contributed by atoms with Crippen molar-refractivity contribution < 1.29 is 19.5 Å². The third-order valence-corrected chi connectivity index (χ3v) is 3.87. The van der Waals surface area contributed by atoms with Gasteiger partial charge in [-0.1, -0.05) is 0 Å². The van der Waals surface area contributed by atoms with Gasteiger partial charge in [0, 0.05) is 39.0 Å². The van der Waals surface area contributed by atoms with Crippen molar-refractivity contribution in [2.45, 2.75) is 32.1 Å². The third-order valence-electron chi connectivity index (χ3n) is 3.87. The molecule has 19 heavy (non-hydrogen) atoms. The summed E-state index contributed by atoms with van der Waals surface area (Å²) < 4.78 is 0. The van der Waals surface area contributed by atoms with E-state index < -0.39 is 11.9 Å². The molecule has 2 heterocycles. The molecular weight excluding hydrogens is 248 g/mol. The lowest BCUT2D eigenvalue weighted by atomic mass is 10.1. The number of carbonyl (C=O) groups is 3. The fraction of sp³-hybridized carbons (Fsp3) is 0.769. The van der Waals surface area contributed by atoms with Gasteiger partial charge in [0.2, 0.25) is 11.8 Å². The molecule has 106 valence electrons. The van der Waals surface area contributed by atoms with E-state index in [0.717, 1.165) is 25.9 Å². The maximum Gasteiger partial charge on any atom is 0.308 e. The maximum absolute atomic E-state index is 11.9. The molecule has 2 saturated heterocycles. The average molecular weight is 268 g/mol. The van der Waals surface area contributed by atoms with Crippen LogP contribution < -0.4 is 0 Å². The number of nitrogens with zero attached hydrogens (tertiary/aromatic N) is 2. The van der Waals surface area contributed by atoms with Crippen LogP contribution >= 0.6 is 0 Å². The van der Waals surface area contributed by atoms with E-state index in [1.807, 2.05) is 4.90 Å². The van der Waals surface area contributed by atoms with Crippen molar-refractivity contribution in [1.29, 1.82) is 0 Å². The van der Waals surface area contributed by atoms with Gasteiger partial charge in [-0.15, -0.1) is 0 Å². The van der Waals surface area contributed by atoms with Crippen LogP contribution in [0.4, 0.5) is 0 Å². The van der Waals surface area contributed by atoms with Gasteiger partial charge in [-0.2, -0.15) is 0 Å². The largest absolute Gasteiger partial charge is 0.481 e. The molecule has 1 unspecified atom stereocenters. The Labute approximate surface area is 112 Å². The molecule has 0 saturated carbocycles. The summed E-state index contributed by atoms with van der Waals surface area (Å²) in [4.78, 5) is 37.7. The molecule has 1 atom stereocenters. The molecule has 0 aromatic carbocycles. The van der Waals surface area contributed by atoms with Gasteiger partial charge in [0.1, 0.15) is 0 Å². The highest BCUT2D eigenvalue weighted by Gasteiger charge is 2.34. The van der Waals surface area contributed by atoms with Crippen LogP contribution in [0.5, 0.6) is 0 Å². The minimum Gasteiger partial charge on any atom is -0.481 e. The Balaban J connectivity index is 1.77. The Bertz CT molecular complexity index is 377. The van der Waals surface area contributed by atoms with Crippen molar-refractivity contribution in [1.82, 2.24) is 9.80 Å². The van der Waals surface area contributed by atoms with Crippen LogP contribution in [0.15, 0.2) is 0 Å². The molecule has 2 aliphatic rings. The first-order valence-electron chi connectivity index (χ1n) is 6.86. The second-order valence-corrected chi connectivity index (χ2v) is 5.27. The van der Waals surface area contributed by atoms with Gasteiger partial charge in [-0.25, -0.2) is 0 Å². The molecule has 6 heteroatoms. The van der Waals surface area contributed by atoms with E-state index >= 15 is 0 Å². The van der Waals surface area contributed by atoms with Crippen molar-refractivity contribution in [2.24, 2.45) is 5.92 Å². The number of likely N-dealkylation sites (tertiary alicyclic amines) is 2. The number of carboxylic acids is 1. The summed E-state index contributed by atoms with van der Waals surface area (Å²) in [6.07, 6.45) is 3.64. The molecule has 0 radical (unpaired) electrons. The van der Waals surface area contributed by atoms with E-state index in [9.17, 15) is 14.4 Å². The Morgan fingerprint density at radius 3 is 2.47 bits per heavy atom. The molecule has 0 spiro atoms. The van der Waals surface area contributed by atoms with Gasteiger partial charge < -0.3 is 14.9 Å². The van der Waals surface area contributed by atoms with Crippen molar-refractivity contribution in [3.8, 4) is 0 Å². The molecule has 2 amide bonds. The molecule has 6 nitrogen and oxygen atoms in total. The van der Waals surface area contributed by atoms with E-state index in [-0.39, 0.29) is 24.8 Å². The molecule has 2 aliphatic heterocycles. The minimum absolute atomic E-state index is 0.0627. The number of hydrogen-bond acceptors (Lipinski definition) is 3. The van der Waals surface area contributed by atoms with Gasteiger partial charge >= 0.3 is 5.97 Å². The summed E-state index contributed by atoms with van der Waals surface area (Å²) in [5.74, 6) is -1.62. The van der Waals surface area contributed by atoms with E-state index in [2.05, 4.69) is 0 Å². The molecule has 0 aromatic rings. The molecule has 1 N–H and O–H groups in total. The lowest BCUT2D eigenvalue weighted by molar-refractivity contribution is -0.141. The van der Waals surface area contributed by atoms with Crippen molar-refractivity contribution >= 4 is 17.8 Å². The molecule has 0 aliphatic carbocycles. The highest BCUT2D eigenvalue weighted by Crippen LogP contribution is 2.18. The summed E-state index contributed by atoms with van der Waals surface area (Å²) in [7, 11) is 0. The quantitative estimate of drug-likeness (QED) is 0.796. The summed E-state index contributed by atoms with van der Waals surface area (Å²) in [6.45, 7) is 2.20. The standard InChI is InChI=1S/C13H20N2O4/c16-11(14-5-2-1-3-6-14)4-7-15-9-10(13(18)19)8-12(15)17/h10H,1-9H2,(H,18,19). The summed E-state index contributed by atoms with van der Waals surface area (Å²) in [5.41, 5.74) is 0. The zero-order chi connectivity index (χ0) is 13.8. The number of carboxylic acid groups (broad SMARTS) is 1. The monoisotopic (exact) mass is 268 g/mol. The summed E-state index contributed by atoms with van der Waals surface area (Å²) in [6, 6.07) is 0. The van der Waals surface area contributed by atoms with Crippen molar-refractivity contribution in [3.63, 3.8) is 0 Å². The fourth-order valence-corrected chi connectivity index (χ4v) is 2.69. The van der Waals surface area contributed by atoms with Crippen LogP contribution in [0.3, 0.4) is 0 Å². The minimum atomic E-state index is -0.932. The highest BCUT2D eigenvalue weighted by molar-refractivity contribution is 5.86. The van der Waals surface area contributed by atoms with Crippen molar-refractivity contribution in [2.75, 3.05) is 26.2 Å². The second kappa shape index (κ2) is 6.04. The molecule has 0 aromatic heterocycles. The number of carbonyl (C=O) groups excluding carboxylic acids is 2. The fourth-order valence-electron chi connectivity index (χ4n) is 2.69. The maximum atomic E-state index is 11.9. The smallest absolute Gasteiger partial charge is 0.308 e. The predicted molar refractivity (Wildman–Crippen MR) is 67.4 cm³/mol. The van der Waals surface area contributed by atoms with Gasteiger partial charge in [0.15, 0.2) is 0 Å². The van der Waals surface area contributed by atoms with Crippen LogP contribution in [0.2, 0.25) is 0 Å². The predicted octanol–water partition coefficient (Wildman–Crippen LogP) is 0.322. The van der Waals surface area contributed by atoms with Crippen LogP contribution in [0, 0.1) is 5.92 Å². The number of piperidine rings is 1. The Morgan fingerprint density at radius 2 is 1.89 bits per heavy atom. The number of aliphatic carboxylic acids is 1. The number of hydrogen-bond donors (Lipinski definition) is 1. The van der Waals surface area contributed by atoms with Gasteiger partial charge in [-0.3, -0.25) is 14.4 Å². The van der Waals surface area contributed by atoms with Gasteiger partial charge in [0.05, 0.1) is 5.92 Å². The Hall–Kier alpha value is -1.59. The molecule has 2 fully saturated rings. The first kappa shape index (κ1) is 13.8. The lowest BCUT2D eigenvalue weighted by Crippen LogP contribution is -2.38. The summed E-state index contributed by atoms with van der Waals surface area (Å²) >= 11 is 0. The van der Waals surface area contributed by atoms with E-state index in [1.165, 1.54) is 11.3 Å². The van der Waals surface area contributed by atoms with Crippen LogP contribution in [-0.4, -0.2) is 58.9 Å². The Morgan fingerprint density at radius 1 is 1.21 bits per heavy atom. The van der Waals surface area contributed by atoms with Gasteiger partial charge in [0.25, 0.3) is 0 Å². The van der Waals surface area contributed by atoms with Gasteiger partial charge in [-0.05, 0) is 19.3 Å². The SMILES string of the molecule is O=C(O)C1CC(=O)N(CCC(=O)N2CCCCC2)C1. The average Bonchev–Trinajstić information content (AvgIpc) is 2.79. The van der Waals surface area contributed by atoms with Crippen LogP contribution in [0.25, 0.3) is 0 Å². The lowest BCUT2D eigenvalue weighted by Gasteiger charge is -2.27. The normalized spacial score (nSPS) is 23.8. The first-order valence-corrected chi connectivity index (χ1v) is 6.86. The summed E-state index contributed by atoms with van der Waals surface area (Å²) in [5, 5.41) is 8.88. The van der Waals surface area contributed by atoms with Crippen LogP contribution in [0.1, 0.15) is 32.1 Å². The van der Waals surface area contributed by atoms with E-state index in [4.69, 9.17) is 5.11 Å². The Kier molecular flexibility index (Phi) is 4.39. The number of rotatable bonds is 4. The topological polar surface area (TPSA) is 77.9 Å². The highest BCUT2D eigenvalue weighted by atomic mass is 16.4.